The number of hydrogen-bond acceptors (Lipinski definition) is 5. The molecule has 0 aromatic heterocycles. The molecule has 3 atom stereocenters. The molecule has 1 fully saturated rings. The van der Waals surface area contributed by atoms with E-state index >= 15 is 0 Å². The normalized spacial score (nSPS) is 22.0. The van der Waals surface area contributed by atoms with Gasteiger partial charge in [0.25, 0.3) is 0 Å². The molecule has 3 N–H and O–H groups in total. The summed E-state index contributed by atoms with van der Waals surface area (Å²) in [6.45, 7) is 6.57. The van der Waals surface area contributed by atoms with Gasteiger partial charge in [-0.15, -0.1) is 0 Å². The molecule has 1 aromatic rings. The van der Waals surface area contributed by atoms with Crippen LogP contribution in [0.2, 0.25) is 0 Å². The predicted molar refractivity (Wildman–Crippen MR) is 101 cm³/mol. The lowest BCUT2D eigenvalue weighted by molar-refractivity contribution is -0.124. The van der Waals surface area contributed by atoms with Crippen LogP contribution in [0.5, 0.6) is 5.75 Å². The Balaban J connectivity index is 2.09. The van der Waals surface area contributed by atoms with Crippen LogP contribution < -0.4 is 20.1 Å². The Morgan fingerprint density at radius 3 is 2.46 bits per heavy atom. The number of methoxy groups -OCH3 is 1. The second kappa shape index (κ2) is 8.83. The minimum Gasteiger partial charge on any atom is -0.497 e. The van der Waals surface area contributed by atoms with Crippen LogP contribution in [-0.4, -0.2) is 46.1 Å². The van der Waals surface area contributed by atoms with Crippen LogP contribution in [0.25, 0.3) is 0 Å². The maximum atomic E-state index is 12.7. The molecule has 146 valence electrons. The second-order valence-corrected chi connectivity index (χ2v) is 8.82. The molecule has 0 saturated carbocycles. The molecule has 1 saturated heterocycles. The molecular weight excluding hydrogens is 354 g/mol. The fourth-order valence-electron chi connectivity index (χ4n) is 3.04. The fraction of sp³-hybridized carbons (Fsp3) is 0.611. The number of benzene rings is 1. The van der Waals surface area contributed by atoms with Crippen LogP contribution in [-0.2, 0) is 14.8 Å². The fourth-order valence-corrected chi connectivity index (χ4v) is 4.38. The van der Waals surface area contributed by atoms with Crippen molar-refractivity contribution >= 4 is 15.9 Å². The van der Waals surface area contributed by atoms with Gasteiger partial charge in [0.1, 0.15) is 11.8 Å². The third-order valence-corrected chi connectivity index (χ3v) is 6.03. The molecule has 7 nitrogen and oxygen atoms in total. The van der Waals surface area contributed by atoms with Crippen molar-refractivity contribution in [3.63, 3.8) is 0 Å². The first kappa shape index (κ1) is 20.7. The first-order valence-corrected chi connectivity index (χ1v) is 10.4. The summed E-state index contributed by atoms with van der Waals surface area (Å²) >= 11 is 0. The van der Waals surface area contributed by atoms with Crippen molar-refractivity contribution in [1.82, 2.24) is 15.4 Å². The van der Waals surface area contributed by atoms with Gasteiger partial charge in [-0.05, 0) is 56.5 Å². The number of nitrogens with one attached hydrogen (secondary N) is 3. The summed E-state index contributed by atoms with van der Waals surface area (Å²) in [5, 5.41) is 6.33. The molecule has 2 rings (SSSR count). The van der Waals surface area contributed by atoms with Crippen molar-refractivity contribution in [1.29, 1.82) is 0 Å². The SMILES string of the molecule is COc1ccc(S(=O)(=O)NC(C(=O)NC2CCNC(C)C2)C(C)C)cc1. The summed E-state index contributed by atoms with van der Waals surface area (Å²) in [5.41, 5.74) is 0. The van der Waals surface area contributed by atoms with Gasteiger partial charge in [-0.3, -0.25) is 4.79 Å². The lowest BCUT2D eigenvalue weighted by atomic mass is 9.99. The van der Waals surface area contributed by atoms with Crippen molar-refractivity contribution in [2.24, 2.45) is 5.92 Å². The van der Waals surface area contributed by atoms with Gasteiger partial charge < -0.3 is 15.4 Å². The Hall–Kier alpha value is -1.64. The molecular formula is C18H29N3O4S. The maximum Gasteiger partial charge on any atom is 0.241 e. The number of ether oxygens (including phenoxy) is 1. The Labute approximate surface area is 155 Å². The number of rotatable bonds is 7. The smallest absolute Gasteiger partial charge is 0.241 e. The van der Waals surface area contributed by atoms with Crippen LogP contribution >= 0.6 is 0 Å². The monoisotopic (exact) mass is 383 g/mol. The van der Waals surface area contributed by atoms with Gasteiger partial charge in [0.05, 0.1) is 12.0 Å². The van der Waals surface area contributed by atoms with Crippen LogP contribution in [0.15, 0.2) is 29.2 Å². The van der Waals surface area contributed by atoms with E-state index in [0.29, 0.717) is 11.8 Å². The first-order chi connectivity index (χ1) is 12.2. The van der Waals surface area contributed by atoms with E-state index in [1.165, 1.54) is 19.2 Å². The van der Waals surface area contributed by atoms with Crippen molar-refractivity contribution in [2.75, 3.05) is 13.7 Å². The van der Waals surface area contributed by atoms with Gasteiger partial charge in [0.2, 0.25) is 15.9 Å². The number of carbonyl (C=O) groups excluding carboxylic acids is 1. The van der Waals surface area contributed by atoms with Crippen molar-refractivity contribution in [3.05, 3.63) is 24.3 Å². The summed E-state index contributed by atoms with van der Waals surface area (Å²) in [4.78, 5) is 12.8. The topological polar surface area (TPSA) is 96.5 Å². The maximum absolute atomic E-state index is 12.7. The van der Waals surface area contributed by atoms with Crippen LogP contribution in [0, 0.1) is 5.92 Å². The van der Waals surface area contributed by atoms with E-state index in [9.17, 15) is 13.2 Å². The molecule has 0 spiro atoms. The zero-order valence-corrected chi connectivity index (χ0v) is 16.6. The average molecular weight is 384 g/mol. The highest BCUT2D eigenvalue weighted by molar-refractivity contribution is 7.89. The Bertz CT molecular complexity index is 704. The van der Waals surface area contributed by atoms with Crippen molar-refractivity contribution in [2.45, 2.75) is 56.6 Å². The number of hydrogen-bond donors (Lipinski definition) is 3. The zero-order valence-electron chi connectivity index (χ0n) is 15.8. The second-order valence-electron chi connectivity index (χ2n) is 7.10. The lowest BCUT2D eigenvalue weighted by Crippen LogP contribution is -2.54. The predicted octanol–water partition coefficient (Wildman–Crippen LogP) is 1.25. The highest BCUT2D eigenvalue weighted by atomic mass is 32.2. The molecule has 0 aliphatic carbocycles. The Kier molecular flexibility index (Phi) is 7.02. The first-order valence-electron chi connectivity index (χ1n) is 8.93. The van der Waals surface area contributed by atoms with Crippen LogP contribution in [0.1, 0.15) is 33.6 Å². The van der Waals surface area contributed by atoms with Crippen LogP contribution in [0.3, 0.4) is 0 Å². The molecule has 1 aliphatic rings. The summed E-state index contributed by atoms with van der Waals surface area (Å²) in [5.74, 6) is 0.112. The summed E-state index contributed by atoms with van der Waals surface area (Å²) in [7, 11) is -2.29. The third kappa shape index (κ3) is 5.43. The molecule has 1 heterocycles. The molecule has 3 unspecified atom stereocenters. The van der Waals surface area contributed by atoms with E-state index in [1.54, 1.807) is 12.1 Å². The van der Waals surface area contributed by atoms with Gasteiger partial charge in [0, 0.05) is 12.1 Å². The van der Waals surface area contributed by atoms with Gasteiger partial charge in [-0.1, -0.05) is 13.8 Å². The molecule has 8 heteroatoms. The summed E-state index contributed by atoms with van der Waals surface area (Å²) < 4.78 is 32.9. The van der Waals surface area contributed by atoms with E-state index < -0.39 is 16.1 Å². The molecule has 1 aliphatic heterocycles. The average Bonchev–Trinajstić information content (AvgIpc) is 2.59. The standard InChI is InChI=1S/C18H29N3O4S/c1-12(2)17(18(22)20-14-9-10-19-13(3)11-14)21-26(23,24)16-7-5-15(25-4)6-8-16/h5-8,12-14,17,19,21H,9-11H2,1-4H3,(H,20,22). The van der Waals surface area contributed by atoms with Crippen molar-refractivity contribution in [3.8, 4) is 5.75 Å². The van der Waals surface area contributed by atoms with Crippen molar-refractivity contribution < 1.29 is 17.9 Å². The third-order valence-electron chi connectivity index (χ3n) is 4.57. The highest BCUT2D eigenvalue weighted by Gasteiger charge is 2.30. The molecule has 1 aromatic carbocycles. The summed E-state index contributed by atoms with van der Waals surface area (Å²) in [6, 6.07) is 5.65. The molecule has 26 heavy (non-hydrogen) atoms. The Morgan fingerprint density at radius 1 is 1.27 bits per heavy atom. The van der Waals surface area contributed by atoms with E-state index in [2.05, 4.69) is 22.3 Å². The van der Waals surface area contributed by atoms with E-state index in [1.807, 2.05) is 13.8 Å². The highest BCUT2D eigenvalue weighted by Crippen LogP contribution is 2.17. The van der Waals surface area contributed by atoms with E-state index in [-0.39, 0.29) is 22.8 Å². The number of carbonyl (C=O) groups is 1. The number of piperidine rings is 1. The number of amides is 1. The lowest BCUT2D eigenvalue weighted by Gasteiger charge is -2.31. The minimum atomic E-state index is -3.80. The van der Waals surface area contributed by atoms with Gasteiger partial charge in [-0.2, -0.15) is 4.72 Å². The zero-order chi connectivity index (χ0) is 19.3. The van der Waals surface area contributed by atoms with E-state index in [0.717, 1.165) is 19.4 Å². The van der Waals surface area contributed by atoms with Gasteiger partial charge in [-0.25, -0.2) is 8.42 Å². The molecule has 0 radical (unpaired) electrons. The summed E-state index contributed by atoms with van der Waals surface area (Å²) in [6.07, 6.45) is 1.67. The minimum absolute atomic E-state index is 0.0606. The van der Waals surface area contributed by atoms with Gasteiger partial charge >= 0.3 is 0 Å². The largest absolute Gasteiger partial charge is 0.497 e. The van der Waals surface area contributed by atoms with Crippen LogP contribution in [0.4, 0.5) is 0 Å². The Morgan fingerprint density at radius 2 is 1.92 bits per heavy atom. The number of sulfonamides is 1. The molecule has 0 bridgehead atoms. The van der Waals surface area contributed by atoms with E-state index in [4.69, 9.17) is 4.74 Å². The quantitative estimate of drug-likeness (QED) is 0.659. The van der Waals surface area contributed by atoms with Gasteiger partial charge in [0.15, 0.2) is 0 Å². The molecule has 1 amide bonds.